The molecule has 144 valence electrons. The van der Waals surface area contributed by atoms with Crippen molar-refractivity contribution in [3.8, 4) is 17.1 Å². The van der Waals surface area contributed by atoms with Crippen LogP contribution in [-0.2, 0) is 6.54 Å². The third-order valence-electron chi connectivity index (χ3n) is 4.34. The van der Waals surface area contributed by atoms with E-state index in [0.717, 1.165) is 11.1 Å². The third kappa shape index (κ3) is 4.52. The maximum absolute atomic E-state index is 12.5. The first-order chi connectivity index (χ1) is 14.2. The minimum Gasteiger partial charge on any atom is -0.508 e. The van der Waals surface area contributed by atoms with Crippen molar-refractivity contribution in [2.24, 2.45) is 0 Å². The highest BCUT2D eigenvalue weighted by Crippen LogP contribution is 2.25. The molecule has 0 saturated carbocycles. The quantitative estimate of drug-likeness (QED) is 0.371. The molecular formula is C22H18N4O2S. The van der Waals surface area contributed by atoms with Crippen LogP contribution in [0.25, 0.3) is 11.4 Å². The van der Waals surface area contributed by atoms with Crippen molar-refractivity contribution in [1.29, 1.82) is 0 Å². The van der Waals surface area contributed by atoms with Gasteiger partial charge in [-0.15, -0.1) is 10.2 Å². The second-order valence-electron chi connectivity index (χ2n) is 6.38. The van der Waals surface area contributed by atoms with Crippen LogP contribution in [0.5, 0.6) is 5.75 Å². The maximum atomic E-state index is 12.5. The van der Waals surface area contributed by atoms with Gasteiger partial charge in [-0.05, 0) is 42.0 Å². The summed E-state index contributed by atoms with van der Waals surface area (Å²) >= 11 is 1.35. The highest BCUT2D eigenvalue weighted by Gasteiger charge is 2.17. The molecule has 0 aliphatic heterocycles. The number of ketones is 1. The minimum atomic E-state index is -0.0350. The number of hydrogen-bond donors (Lipinski definition) is 1. The van der Waals surface area contributed by atoms with Gasteiger partial charge in [0.2, 0.25) is 0 Å². The highest BCUT2D eigenvalue weighted by molar-refractivity contribution is 7.99. The zero-order valence-electron chi connectivity index (χ0n) is 15.5. The van der Waals surface area contributed by atoms with Crippen molar-refractivity contribution in [1.82, 2.24) is 19.7 Å². The van der Waals surface area contributed by atoms with Crippen LogP contribution in [0.15, 0.2) is 84.3 Å². The van der Waals surface area contributed by atoms with Gasteiger partial charge >= 0.3 is 0 Å². The summed E-state index contributed by atoms with van der Waals surface area (Å²) in [4.78, 5) is 16.7. The number of phenols is 1. The van der Waals surface area contributed by atoms with Crippen LogP contribution in [0.3, 0.4) is 0 Å². The van der Waals surface area contributed by atoms with Crippen molar-refractivity contribution in [2.45, 2.75) is 11.7 Å². The molecule has 0 spiro atoms. The number of rotatable bonds is 7. The van der Waals surface area contributed by atoms with Gasteiger partial charge in [-0.2, -0.15) is 0 Å². The molecule has 0 unspecified atom stereocenters. The summed E-state index contributed by atoms with van der Waals surface area (Å²) in [5, 5.41) is 18.7. The summed E-state index contributed by atoms with van der Waals surface area (Å²) in [5.74, 6) is 1.04. The molecule has 0 amide bonds. The Labute approximate surface area is 172 Å². The topological polar surface area (TPSA) is 80.9 Å². The van der Waals surface area contributed by atoms with Gasteiger partial charge < -0.3 is 5.11 Å². The molecule has 4 rings (SSSR count). The molecule has 0 aliphatic rings. The molecule has 0 atom stereocenters. The Bertz CT molecular complexity index is 1100. The normalized spacial score (nSPS) is 10.8. The van der Waals surface area contributed by atoms with Gasteiger partial charge in [0.25, 0.3) is 0 Å². The number of thioether (sulfide) groups is 1. The Morgan fingerprint density at radius 2 is 1.76 bits per heavy atom. The lowest BCUT2D eigenvalue weighted by Crippen LogP contribution is -2.07. The molecule has 2 aromatic heterocycles. The summed E-state index contributed by atoms with van der Waals surface area (Å²) < 4.78 is 2.00. The summed E-state index contributed by atoms with van der Waals surface area (Å²) in [7, 11) is 0. The van der Waals surface area contributed by atoms with Crippen molar-refractivity contribution in [3.63, 3.8) is 0 Å². The van der Waals surface area contributed by atoms with E-state index in [1.807, 2.05) is 47.0 Å². The van der Waals surface area contributed by atoms with E-state index in [9.17, 15) is 9.90 Å². The first-order valence-electron chi connectivity index (χ1n) is 9.03. The lowest BCUT2D eigenvalue weighted by Gasteiger charge is -2.10. The number of aromatic nitrogens is 4. The van der Waals surface area contributed by atoms with Crippen LogP contribution in [0.1, 0.15) is 15.9 Å². The van der Waals surface area contributed by atoms with E-state index in [4.69, 9.17) is 0 Å². The summed E-state index contributed by atoms with van der Waals surface area (Å²) in [6.07, 6.45) is 3.47. The van der Waals surface area contributed by atoms with Crippen molar-refractivity contribution in [3.05, 3.63) is 90.3 Å². The molecule has 29 heavy (non-hydrogen) atoms. The Balaban J connectivity index is 1.59. The van der Waals surface area contributed by atoms with Crippen LogP contribution in [0.4, 0.5) is 0 Å². The molecular weight excluding hydrogens is 384 g/mol. The highest BCUT2D eigenvalue weighted by atomic mass is 32.2. The second kappa shape index (κ2) is 8.70. The smallest absolute Gasteiger partial charge is 0.192 e. The van der Waals surface area contributed by atoms with Crippen LogP contribution in [0, 0.1) is 0 Å². The summed E-state index contributed by atoms with van der Waals surface area (Å²) in [6.45, 7) is 0.591. The monoisotopic (exact) mass is 402 g/mol. The lowest BCUT2D eigenvalue weighted by atomic mass is 10.1. The molecule has 2 aromatic carbocycles. The van der Waals surface area contributed by atoms with Crippen LogP contribution < -0.4 is 0 Å². The van der Waals surface area contributed by atoms with E-state index in [0.29, 0.717) is 23.1 Å². The molecule has 0 saturated heterocycles. The Kier molecular flexibility index (Phi) is 5.67. The number of carbonyl (C=O) groups is 1. The van der Waals surface area contributed by atoms with Gasteiger partial charge in [0.15, 0.2) is 16.8 Å². The van der Waals surface area contributed by atoms with E-state index in [1.54, 1.807) is 24.5 Å². The number of hydrogen-bond acceptors (Lipinski definition) is 6. The lowest BCUT2D eigenvalue weighted by molar-refractivity contribution is 0.102. The molecule has 0 aliphatic carbocycles. The first-order valence-corrected chi connectivity index (χ1v) is 10.0. The van der Waals surface area contributed by atoms with Crippen LogP contribution in [0.2, 0.25) is 0 Å². The second-order valence-corrected chi connectivity index (χ2v) is 7.32. The number of Topliss-reactive ketones (excluding diaryl/α,β-unsaturated/α-hetero) is 1. The zero-order chi connectivity index (χ0) is 20.1. The fourth-order valence-electron chi connectivity index (χ4n) is 2.87. The van der Waals surface area contributed by atoms with Crippen LogP contribution in [-0.4, -0.2) is 36.4 Å². The van der Waals surface area contributed by atoms with Crippen molar-refractivity contribution >= 4 is 17.5 Å². The maximum Gasteiger partial charge on any atom is 0.192 e. The van der Waals surface area contributed by atoms with Gasteiger partial charge in [-0.3, -0.25) is 14.3 Å². The van der Waals surface area contributed by atoms with E-state index < -0.39 is 0 Å². The van der Waals surface area contributed by atoms with Gasteiger partial charge in [0.1, 0.15) is 5.75 Å². The molecule has 4 aromatic rings. The molecule has 6 nitrogen and oxygen atoms in total. The van der Waals surface area contributed by atoms with Crippen LogP contribution >= 0.6 is 11.8 Å². The van der Waals surface area contributed by atoms with E-state index in [1.165, 1.54) is 23.9 Å². The Morgan fingerprint density at radius 3 is 2.48 bits per heavy atom. The van der Waals surface area contributed by atoms with Gasteiger partial charge in [0.05, 0.1) is 12.3 Å². The SMILES string of the molecule is O=C(CSc1nnc(-c2cccnc2)n1Cc1ccccc1)c1ccc(O)cc1. The molecule has 0 bridgehead atoms. The van der Waals surface area contributed by atoms with Gasteiger partial charge in [-0.25, -0.2) is 0 Å². The zero-order valence-corrected chi connectivity index (χ0v) is 16.3. The van der Waals surface area contributed by atoms with Crippen molar-refractivity contribution < 1.29 is 9.90 Å². The van der Waals surface area contributed by atoms with Crippen molar-refractivity contribution in [2.75, 3.05) is 5.75 Å². The van der Waals surface area contributed by atoms with E-state index in [2.05, 4.69) is 15.2 Å². The van der Waals surface area contributed by atoms with Gasteiger partial charge in [-0.1, -0.05) is 42.1 Å². The van der Waals surface area contributed by atoms with E-state index in [-0.39, 0.29) is 17.3 Å². The predicted octanol–water partition coefficient (Wildman–Crippen LogP) is 4.07. The fourth-order valence-corrected chi connectivity index (χ4v) is 3.71. The molecule has 2 heterocycles. The minimum absolute atomic E-state index is 0.0350. The standard InChI is InChI=1S/C22H18N4O2S/c27-19-10-8-17(9-11-19)20(28)15-29-22-25-24-21(18-7-4-12-23-13-18)26(22)14-16-5-2-1-3-6-16/h1-13,27H,14-15H2. The fraction of sp³-hybridized carbons (Fsp3) is 0.0909. The average Bonchev–Trinajstić information content (AvgIpc) is 3.16. The number of benzene rings is 2. The summed E-state index contributed by atoms with van der Waals surface area (Å²) in [5.41, 5.74) is 2.54. The average molecular weight is 402 g/mol. The predicted molar refractivity (Wildman–Crippen MR) is 112 cm³/mol. The third-order valence-corrected chi connectivity index (χ3v) is 5.31. The molecule has 7 heteroatoms. The van der Waals surface area contributed by atoms with Gasteiger partial charge in [0, 0.05) is 23.5 Å². The number of carbonyl (C=O) groups excluding carboxylic acids is 1. The number of phenolic OH excluding ortho intramolecular Hbond substituents is 1. The first kappa shape index (κ1) is 18.9. The Hall–Kier alpha value is -3.45. The van der Waals surface area contributed by atoms with E-state index >= 15 is 0 Å². The number of pyridine rings is 1. The number of aromatic hydroxyl groups is 1. The summed E-state index contributed by atoms with van der Waals surface area (Å²) in [6, 6.07) is 20.1. The largest absolute Gasteiger partial charge is 0.508 e. The molecule has 1 N–H and O–H groups in total. The Morgan fingerprint density at radius 1 is 0.966 bits per heavy atom. The molecule has 0 radical (unpaired) electrons. The molecule has 0 fully saturated rings. The number of nitrogens with zero attached hydrogens (tertiary/aromatic N) is 4.